The Morgan fingerprint density at radius 1 is 0.840 bits per heavy atom. The van der Waals surface area contributed by atoms with Crippen molar-refractivity contribution in [2.75, 3.05) is 10.6 Å². The summed E-state index contributed by atoms with van der Waals surface area (Å²) in [4.78, 5) is 45.1. The van der Waals surface area contributed by atoms with Gasteiger partial charge < -0.3 is 20.7 Å². The molecule has 0 saturated carbocycles. The molecule has 0 aliphatic carbocycles. The second kappa shape index (κ2) is 16.1. The molecule has 0 aliphatic rings. The van der Waals surface area contributed by atoms with Crippen molar-refractivity contribution in [3.63, 3.8) is 0 Å². The Kier molecular flexibility index (Phi) is 11.0. The Labute approximate surface area is 298 Å². The molecule has 1 heterocycles. The van der Waals surface area contributed by atoms with E-state index in [0.717, 1.165) is 26.2 Å². The minimum atomic E-state index is -0.502. The number of aromatic nitrogens is 1. The molecule has 50 heavy (non-hydrogen) atoms. The van der Waals surface area contributed by atoms with Crippen LogP contribution < -0.4 is 20.7 Å². The molecule has 8 nitrogen and oxygen atoms in total. The van der Waals surface area contributed by atoms with E-state index in [0.29, 0.717) is 34.3 Å². The monoisotopic (exact) mass is 698 g/mol. The van der Waals surface area contributed by atoms with Crippen molar-refractivity contribution in [3.8, 4) is 5.75 Å². The summed E-state index contributed by atoms with van der Waals surface area (Å²) in [7, 11) is 0. The van der Waals surface area contributed by atoms with Crippen molar-refractivity contribution in [2.45, 2.75) is 30.6 Å². The fourth-order valence-electron chi connectivity index (χ4n) is 4.91. The van der Waals surface area contributed by atoms with E-state index in [1.165, 1.54) is 23.1 Å². The number of hydrogen-bond acceptors (Lipinski definition) is 7. The van der Waals surface area contributed by atoms with Gasteiger partial charge in [0.15, 0.2) is 5.13 Å². The third-order valence-electron chi connectivity index (χ3n) is 7.52. The van der Waals surface area contributed by atoms with Gasteiger partial charge in [0, 0.05) is 16.1 Å². The maximum absolute atomic E-state index is 13.7. The number of thioether (sulfide) groups is 1. The Morgan fingerprint density at radius 2 is 1.58 bits per heavy atom. The topological polar surface area (TPSA) is 109 Å². The summed E-state index contributed by atoms with van der Waals surface area (Å²) in [6.07, 6.45) is 1.62. The third-order valence-corrected chi connectivity index (χ3v) is 9.54. The third kappa shape index (κ3) is 9.25. The number of aryl methyl sites for hydroxylation is 1. The lowest BCUT2D eigenvalue weighted by Crippen LogP contribution is -2.30. The van der Waals surface area contributed by atoms with E-state index in [9.17, 15) is 14.4 Å². The van der Waals surface area contributed by atoms with Gasteiger partial charge in [0.25, 0.3) is 11.8 Å². The second-order valence-corrected chi connectivity index (χ2v) is 13.9. The zero-order valence-corrected chi connectivity index (χ0v) is 29.0. The predicted molar refractivity (Wildman–Crippen MR) is 202 cm³/mol. The Hall–Kier alpha value is -5.71. The summed E-state index contributed by atoms with van der Waals surface area (Å²) in [5, 5.41) is 8.72. The van der Waals surface area contributed by atoms with E-state index in [1.807, 2.05) is 98.8 Å². The first-order valence-electron chi connectivity index (χ1n) is 15.9. The number of benzene rings is 5. The number of carbonyl (C=O) groups is 3. The predicted octanol–water partition coefficient (Wildman–Crippen LogP) is 8.71. The smallest absolute Gasteiger partial charge is 0.272 e. The van der Waals surface area contributed by atoms with Gasteiger partial charge in [-0.05, 0) is 91.2 Å². The zero-order chi connectivity index (χ0) is 34.9. The zero-order valence-electron chi connectivity index (χ0n) is 27.4. The van der Waals surface area contributed by atoms with E-state index in [2.05, 4.69) is 20.9 Å². The second-order valence-electron chi connectivity index (χ2n) is 11.4. The standard InChI is InChI=1S/C40H34N4O4S2/c1-26-16-21-34-36(22-26)50-40(43-34)44-37(45)27(2)49-33-15-9-14-31(24-33)41-39(47)35(42-38(46)30-12-7-4-8-13-30)23-28-17-19-32(20-18-28)48-25-29-10-5-3-6-11-29/h3-24,27H,25H2,1-2H3,(H,41,47)(H,42,46)(H,43,44,45)/b35-23-. The molecular formula is C40H34N4O4S2. The molecule has 0 fully saturated rings. The average Bonchev–Trinajstić information content (AvgIpc) is 3.53. The number of anilines is 2. The van der Waals surface area contributed by atoms with Gasteiger partial charge >= 0.3 is 0 Å². The maximum atomic E-state index is 13.7. The van der Waals surface area contributed by atoms with E-state index >= 15 is 0 Å². The number of hydrogen-bond donors (Lipinski definition) is 3. The summed E-state index contributed by atoms with van der Waals surface area (Å²) < 4.78 is 6.92. The number of rotatable bonds is 12. The minimum absolute atomic E-state index is 0.0636. The molecular weight excluding hydrogens is 665 g/mol. The number of carbonyl (C=O) groups excluding carboxylic acids is 3. The molecule has 5 aromatic carbocycles. The van der Waals surface area contributed by atoms with Crippen LogP contribution in [-0.2, 0) is 16.2 Å². The van der Waals surface area contributed by atoms with Gasteiger partial charge in [0.2, 0.25) is 5.91 Å². The SMILES string of the molecule is Cc1ccc2nc(NC(=O)C(C)Sc3cccc(NC(=O)/C(=C/c4ccc(OCc5ccccc5)cc4)NC(=O)c4ccccc4)c3)sc2c1. The van der Waals surface area contributed by atoms with Gasteiger partial charge in [-0.2, -0.15) is 0 Å². The summed E-state index contributed by atoms with van der Waals surface area (Å²) in [5.41, 5.74) is 4.73. The largest absolute Gasteiger partial charge is 0.489 e. The van der Waals surface area contributed by atoms with Crippen molar-refractivity contribution in [1.82, 2.24) is 10.3 Å². The lowest BCUT2D eigenvalue weighted by atomic mass is 10.1. The summed E-state index contributed by atoms with van der Waals surface area (Å²) in [5.74, 6) is -0.414. The lowest BCUT2D eigenvalue weighted by Gasteiger charge is -2.14. The molecule has 0 aliphatic heterocycles. The highest BCUT2D eigenvalue weighted by Crippen LogP contribution is 2.30. The molecule has 6 aromatic rings. The van der Waals surface area contributed by atoms with Crippen LogP contribution >= 0.6 is 23.1 Å². The molecule has 6 rings (SSSR count). The molecule has 0 bridgehead atoms. The Balaban J connectivity index is 1.13. The molecule has 1 atom stereocenters. The van der Waals surface area contributed by atoms with Crippen LogP contribution in [0, 0.1) is 6.92 Å². The first kappa shape index (κ1) is 34.2. The number of thiazole rings is 1. The van der Waals surface area contributed by atoms with Crippen molar-refractivity contribution in [1.29, 1.82) is 0 Å². The normalized spacial score (nSPS) is 11.8. The van der Waals surface area contributed by atoms with E-state index in [4.69, 9.17) is 4.74 Å². The first-order chi connectivity index (χ1) is 24.3. The fraction of sp³-hybridized carbons (Fsp3) is 0.100. The van der Waals surface area contributed by atoms with Crippen LogP contribution in [0.25, 0.3) is 16.3 Å². The van der Waals surface area contributed by atoms with Crippen LogP contribution in [0.5, 0.6) is 5.75 Å². The maximum Gasteiger partial charge on any atom is 0.272 e. The molecule has 3 N–H and O–H groups in total. The van der Waals surface area contributed by atoms with Gasteiger partial charge in [-0.15, -0.1) is 11.8 Å². The van der Waals surface area contributed by atoms with Crippen molar-refractivity contribution in [3.05, 3.63) is 155 Å². The van der Waals surface area contributed by atoms with Gasteiger partial charge in [-0.3, -0.25) is 14.4 Å². The van der Waals surface area contributed by atoms with E-state index in [-0.39, 0.29) is 11.6 Å². The van der Waals surface area contributed by atoms with E-state index < -0.39 is 17.1 Å². The van der Waals surface area contributed by atoms with Crippen LogP contribution in [0.4, 0.5) is 10.8 Å². The van der Waals surface area contributed by atoms with Gasteiger partial charge in [-0.1, -0.05) is 84.1 Å². The molecule has 1 unspecified atom stereocenters. The quantitative estimate of drug-likeness (QED) is 0.0872. The lowest BCUT2D eigenvalue weighted by molar-refractivity contribution is -0.115. The van der Waals surface area contributed by atoms with E-state index in [1.54, 1.807) is 48.5 Å². The first-order valence-corrected chi connectivity index (χ1v) is 17.6. The molecule has 0 radical (unpaired) electrons. The molecule has 10 heteroatoms. The fourth-order valence-corrected chi connectivity index (χ4v) is 6.80. The van der Waals surface area contributed by atoms with Crippen LogP contribution in [0.15, 0.2) is 138 Å². The molecule has 0 saturated heterocycles. The Bertz CT molecular complexity index is 2150. The van der Waals surface area contributed by atoms with Crippen molar-refractivity contribution < 1.29 is 19.1 Å². The van der Waals surface area contributed by atoms with Crippen molar-refractivity contribution >= 4 is 67.9 Å². The number of nitrogens with zero attached hydrogens (tertiary/aromatic N) is 1. The molecule has 0 spiro atoms. The molecule has 3 amide bonds. The van der Waals surface area contributed by atoms with Gasteiger partial charge in [-0.25, -0.2) is 4.98 Å². The number of ether oxygens (including phenoxy) is 1. The van der Waals surface area contributed by atoms with Gasteiger partial charge in [0.1, 0.15) is 18.1 Å². The summed E-state index contributed by atoms with van der Waals surface area (Å²) >= 11 is 2.80. The summed E-state index contributed by atoms with van der Waals surface area (Å²) in [6, 6.07) is 39.1. The summed E-state index contributed by atoms with van der Waals surface area (Å²) in [6.45, 7) is 4.27. The average molecular weight is 699 g/mol. The van der Waals surface area contributed by atoms with Gasteiger partial charge in [0.05, 0.1) is 15.5 Å². The molecule has 1 aromatic heterocycles. The highest BCUT2D eigenvalue weighted by Gasteiger charge is 2.18. The molecule has 250 valence electrons. The highest BCUT2D eigenvalue weighted by molar-refractivity contribution is 8.00. The minimum Gasteiger partial charge on any atom is -0.489 e. The van der Waals surface area contributed by atoms with Crippen LogP contribution in [0.1, 0.15) is 34.0 Å². The van der Waals surface area contributed by atoms with Crippen LogP contribution in [0.3, 0.4) is 0 Å². The van der Waals surface area contributed by atoms with Crippen molar-refractivity contribution in [2.24, 2.45) is 0 Å². The Morgan fingerprint density at radius 3 is 2.34 bits per heavy atom. The van der Waals surface area contributed by atoms with Crippen LogP contribution in [0.2, 0.25) is 0 Å². The van der Waals surface area contributed by atoms with Crippen LogP contribution in [-0.4, -0.2) is 28.0 Å². The number of amides is 3. The number of nitrogens with one attached hydrogen (secondary N) is 3. The highest BCUT2D eigenvalue weighted by atomic mass is 32.2. The number of fused-ring (bicyclic) bond motifs is 1.